The van der Waals surface area contributed by atoms with Gasteiger partial charge in [-0.15, -0.1) is 0 Å². The Morgan fingerprint density at radius 3 is 1.96 bits per heavy atom. The van der Waals surface area contributed by atoms with Crippen LogP contribution in [0.3, 0.4) is 0 Å². The minimum absolute atomic E-state index is 0.249. The zero-order valence-electron chi connectivity index (χ0n) is 17.0. The third-order valence-electron chi connectivity index (χ3n) is 7.15. The minimum atomic E-state index is 0.249. The molecule has 0 aromatic rings. The molecule has 0 aromatic carbocycles. The van der Waals surface area contributed by atoms with Crippen molar-refractivity contribution in [1.82, 2.24) is 0 Å². The van der Waals surface area contributed by atoms with Crippen LogP contribution in [0.4, 0.5) is 0 Å². The summed E-state index contributed by atoms with van der Waals surface area (Å²) in [7, 11) is 0. The molecule has 0 saturated heterocycles. The highest BCUT2D eigenvalue weighted by molar-refractivity contribution is 4.90. The van der Waals surface area contributed by atoms with Gasteiger partial charge >= 0.3 is 0 Å². The highest BCUT2D eigenvalue weighted by atomic mass is 16.5. The molecule has 0 spiro atoms. The molecule has 2 rings (SSSR count). The third-order valence-corrected chi connectivity index (χ3v) is 7.15. The highest BCUT2D eigenvalue weighted by Crippen LogP contribution is 2.45. The van der Waals surface area contributed by atoms with Gasteiger partial charge in [0.2, 0.25) is 0 Å². The van der Waals surface area contributed by atoms with Crippen molar-refractivity contribution in [2.75, 3.05) is 6.61 Å². The van der Waals surface area contributed by atoms with Crippen LogP contribution in [-0.2, 0) is 4.74 Å². The van der Waals surface area contributed by atoms with E-state index in [4.69, 9.17) is 4.74 Å². The number of unbranched alkanes of at least 4 members (excludes halogenated alkanes) is 3. The van der Waals surface area contributed by atoms with E-state index in [1.54, 1.807) is 0 Å². The monoisotopic (exact) mass is 336 g/mol. The Balaban J connectivity index is 1.72. The summed E-state index contributed by atoms with van der Waals surface area (Å²) in [5.74, 6) is 3.11. The van der Waals surface area contributed by atoms with Crippen LogP contribution in [0, 0.1) is 17.8 Å². The maximum Gasteiger partial charge on any atom is 0.0682 e. The van der Waals surface area contributed by atoms with E-state index < -0.39 is 0 Å². The fourth-order valence-corrected chi connectivity index (χ4v) is 5.54. The lowest BCUT2D eigenvalue weighted by Gasteiger charge is -2.43. The molecule has 0 heterocycles. The smallest absolute Gasteiger partial charge is 0.0682 e. The first-order chi connectivity index (χ1) is 11.7. The second kappa shape index (κ2) is 10.8. The topological polar surface area (TPSA) is 9.23 Å². The second-order valence-corrected chi connectivity index (χ2v) is 8.83. The Bertz CT molecular complexity index is 308. The van der Waals surface area contributed by atoms with Crippen LogP contribution in [-0.4, -0.2) is 12.2 Å². The lowest BCUT2D eigenvalue weighted by Crippen LogP contribution is -2.39. The maximum absolute atomic E-state index is 6.28. The molecule has 142 valence electrons. The van der Waals surface area contributed by atoms with Gasteiger partial charge in [-0.2, -0.15) is 0 Å². The maximum atomic E-state index is 6.28. The van der Waals surface area contributed by atoms with E-state index >= 15 is 0 Å². The second-order valence-electron chi connectivity index (χ2n) is 8.83. The quantitative estimate of drug-likeness (QED) is 0.375. The molecule has 0 bridgehead atoms. The Hall–Kier alpha value is -0.0400. The summed E-state index contributed by atoms with van der Waals surface area (Å²) in [6.07, 6.45) is 21.4. The van der Waals surface area contributed by atoms with Gasteiger partial charge in [0.25, 0.3) is 0 Å². The van der Waals surface area contributed by atoms with E-state index in [0.717, 1.165) is 24.4 Å². The molecule has 0 N–H and O–H groups in total. The predicted octanol–water partition coefficient (Wildman–Crippen LogP) is 7.53. The van der Waals surface area contributed by atoms with Crippen molar-refractivity contribution in [1.29, 1.82) is 0 Å². The van der Waals surface area contributed by atoms with Gasteiger partial charge in [0.15, 0.2) is 0 Å². The van der Waals surface area contributed by atoms with Gasteiger partial charge in [-0.25, -0.2) is 0 Å². The van der Waals surface area contributed by atoms with Crippen LogP contribution in [0.5, 0.6) is 0 Å². The van der Waals surface area contributed by atoms with E-state index in [0.29, 0.717) is 0 Å². The summed E-state index contributed by atoms with van der Waals surface area (Å²) in [6, 6.07) is 0. The molecule has 0 amide bonds. The minimum Gasteiger partial charge on any atom is -0.375 e. The molecule has 2 aliphatic rings. The Kier molecular flexibility index (Phi) is 9.16. The molecule has 1 nitrogen and oxygen atoms in total. The molecule has 2 saturated carbocycles. The van der Waals surface area contributed by atoms with E-state index in [1.165, 1.54) is 96.3 Å². The molecule has 2 aliphatic carbocycles. The lowest BCUT2D eigenvalue weighted by atomic mass is 9.67. The van der Waals surface area contributed by atoms with Crippen LogP contribution in [0.25, 0.3) is 0 Å². The fraction of sp³-hybridized carbons (Fsp3) is 1.00. The molecule has 0 radical (unpaired) electrons. The van der Waals surface area contributed by atoms with Gasteiger partial charge in [0.1, 0.15) is 0 Å². The molecule has 1 heteroatoms. The van der Waals surface area contributed by atoms with Gasteiger partial charge in [0, 0.05) is 6.61 Å². The number of rotatable bonds is 10. The Morgan fingerprint density at radius 2 is 1.38 bits per heavy atom. The van der Waals surface area contributed by atoms with Crippen molar-refractivity contribution in [2.24, 2.45) is 17.8 Å². The fourth-order valence-electron chi connectivity index (χ4n) is 5.54. The number of ether oxygens (including phenoxy) is 1. The van der Waals surface area contributed by atoms with Crippen molar-refractivity contribution in [2.45, 2.75) is 123 Å². The Morgan fingerprint density at radius 1 is 0.750 bits per heavy atom. The van der Waals surface area contributed by atoms with E-state index in [1.807, 2.05) is 0 Å². The summed E-state index contributed by atoms with van der Waals surface area (Å²) in [4.78, 5) is 0. The lowest BCUT2D eigenvalue weighted by molar-refractivity contribution is -0.0853. The normalized spacial score (nSPS) is 34.4. The van der Waals surface area contributed by atoms with Crippen LogP contribution in [0.15, 0.2) is 0 Å². The van der Waals surface area contributed by atoms with E-state index in [-0.39, 0.29) is 5.60 Å². The Labute approximate surface area is 152 Å². The van der Waals surface area contributed by atoms with Gasteiger partial charge in [-0.1, -0.05) is 65.2 Å². The van der Waals surface area contributed by atoms with Gasteiger partial charge in [-0.3, -0.25) is 0 Å². The molecule has 24 heavy (non-hydrogen) atoms. The average molecular weight is 337 g/mol. The van der Waals surface area contributed by atoms with Gasteiger partial charge in [0.05, 0.1) is 5.60 Å². The van der Waals surface area contributed by atoms with Crippen molar-refractivity contribution in [3.8, 4) is 0 Å². The van der Waals surface area contributed by atoms with Crippen LogP contribution >= 0.6 is 0 Å². The van der Waals surface area contributed by atoms with Crippen LogP contribution < -0.4 is 0 Å². The standard InChI is InChI=1S/C23H44O/c1-4-7-9-10-20-11-13-21(14-12-20)22-15-18-23(19-16-22,24-6-3)17-8-5-2/h20-22H,4-19H2,1-3H3. The van der Waals surface area contributed by atoms with Crippen LogP contribution in [0.1, 0.15) is 117 Å². The molecule has 0 aromatic heterocycles. The zero-order valence-corrected chi connectivity index (χ0v) is 17.0. The average Bonchev–Trinajstić information content (AvgIpc) is 2.62. The molecule has 0 unspecified atom stereocenters. The van der Waals surface area contributed by atoms with Gasteiger partial charge < -0.3 is 4.74 Å². The van der Waals surface area contributed by atoms with Crippen molar-refractivity contribution in [3.63, 3.8) is 0 Å². The molecule has 0 aliphatic heterocycles. The zero-order chi connectivity index (χ0) is 17.3. The number of hydrogen-bond donors (Lipinski definition) is 0. The summed E-state index contributed by atoms with van der Waals surface area (Å²) >= 11 is 0. The van der Waals surface area contributed by atoms with Crippen molar-refractivity contribution < 1.29 is 4.74 Å². The first-order valence-corrected chi connectivity index (χ1v) is 11.4. The summed E-state index contributed by atoms with van der Waals surface area (Å²) in [5, 5.41) is 0. The molecule has 0 atom stereocenters. The number of hydrogen-bond acceptors (Lipinski definition) is 1. The first-order valence-electron chi connectivity index (χ1n) is 11.4. The van der Waals surface area contributed by atoms with Crippen molar-refractivity contribution in [3.05, 3.63) is 0 Å². The molecular weight excluding hydrogens is 292 g/mol. The van der Waals surface area contributed by atoms with Crippen LogP contribution in [0.2, 0.25) is 0 Å². The largest absolute Gasteiger partial charge is 0.375 e. The third kappa shape index (κ3) is 6.04. The predicted molar refractivity (Wildman–Crippen MR) is 105 cm³/mol. The van der Waals surface area contributed by atoms with E-state index in [2.05, 4.69) is 20.8 Å². The highest BCUT2D eigenvalue weighted by Gasteiger charge is 2.38. The summed E-state index contributed by atoms with van der Waals surface area (Å²) in [5.41, 5.74) is 0.249. The van der Waals surface area contributed by atoms with E-state index in [9.17, 15) is 0 Å². The summed E-state index contributed by atoms with van der Waals surface area (Å²) in [6.45, 7) is 7.71. The van der Waals surface area contributed by atoms with Crippen molar-refractivity contribution >= 4 is 0 Å². The molecule has 2 fully saturated rings. The SMILES string of the molecule is CCCCCC1CCC(C2CCC(CCCC)(OCC)CC2)CC1. The van der Waals surface area contributed by atoms with Gasteiger partial charge in [-0.05, 0) is 69.6 Å². The molecular formula is C23H44O. The first kappa shape index (κ1) is 20.3. The summed E-state index contributed by atoms with van der Waals surface area (Å²) < 4.78 is 6.28.